The number of benzene rings is 1. The van der Waals surface area contributed by atoms with Crippen LogP contribution in [-0.2, 0) is 28.0 Å². The van der Waals surface area contributed by atoms with Gasteiger partial charge >= 0.3 is 6.03 Å². The van der Waals surface area contributed by atoms with E-state index in [1.807, 2.05) is 18.2 Å². The van der Waals surface area contributed by atoms with Crippen molar-refractivity contribution in [1.82, 2.24) is 15.5 Å². The van der Waals surface area contributed by atoms with E-state index in [1.165, 1.54) is 11.1 Å². The highest BCUT2D eigenvalue weighted by atomic mass is 16.2. The maximum atomic E-state index is 13.1. The number of nitrogens with one attached hydrogen (secondary N) is 2. The zero-order chi connectivity index (χ0) is 19.9. The Labute approximate surface area is 164 Å². The van der Waals surface area contributed by atoms with Crippen molar-refractivity contribution in [2.24, 2.45) is 0 Å². The van der Waals surface area contributed by atoms with E-state index in [4.69, 9.17) is 0 Å². The molecule has 0 spiro atoms. The number of carbonyl (C=O) groups is 3. The number of imide groups is 1. The van der Waals surface area contributed by atoms with Crippen LogP contribution in [0.5, 0.6) is 0 Å². The molecule has 2 N–H and O–H groups in total. The van der Waals surface area contributed by atoms with Gasteiger partial charge in [-0.05, 0) is 68.6 Å². The molecule has 1 atom stereocenters. The van der Waals surface area contributed by atoms with Crippen LogP contribution in [0, 0.1) is 11.3 Å². The van der Waals surface area contributed by atoms with E-state index < -0.39 is 28.9 Å². The maximum Gasteiger partial charge on any atom is 0.325 e. The Bertz CT molecular complexity index is 897. The Hall–Kier alpha value is -2.88. The van der Waals surface area contributed by atoms with Gasteiger partial charge in [0.25, 0.3) is 5.91 Å². The Morgan fingerprint density at radius 3 is 2.64 bits per heavy atom. The molecule has 2 aliphatic carbocycles. The van der Waals surface area contributed by atoms with Crippen molar-refractivity contribution in [3.63, 3.8) is 0 Å². The van der Waals surface area contributed by atoms with E-state index in [9.17, 15) is 19.6 Å². The first kappa shape index (κ1) is 18.5. The summed E-state index contributed by atoms with van der Waals surface area (Å²) in [6.45, 7) is 1.30. The fourth-order valence-electron chi connectivity index (χ4n) is 4.61. The lowest BCUT2D eigenvalue weighted by molar-refractivity contribution is -0.135. The molecule has 1 heterocycles. The molecule has 4 rings (SSSR count). The van der Waals surface area contributed by atoms with Crippen molar-refractivity contribution in [1.29, 1.82) is 5.26 Å². The van der Waals surface area contributed by atoms with E-state index in [2.05, 4.69) is 16.7 Å². The second-order valence-electron chi connectivity index (χ2n) is 8.23. The largest absolute Gasteiger partial charge is 0.336 e. The summed E-state index contributed by atoms with van der Waals surface area (Å²) in [5.41, 5.74) is 1.18. The summed E-state index contributed by atoms with van der Waals surface area (Å²) in [5, 5.41) is 14.9. The van der Waals surface area contributed by atoms with Crippen LogP contribution in [0.2, 0.25) is 0 Å². The number of amides is 4. The van der Waals surface area contributed by atoms with Crippen molar-refractivity contribution in [3.8, 4) is 6.07 Å². The zero-order valence-corrected chi connectivity index (χ0v) is 16.0. The minimum Gasteiger partial charge on any atom is -0.336 e. The summed E-state index contributed by atoms with van der Waals surface area (Å²) >= 11 is 0. The third-order valence-corrected chi connectivity index (χ3v) is 6.30. The molecule has 1 saturated heterocycles. The van der Waals surface area contributed by atoms with Gasteiger partial charge in [-0.3, -0.25) is 14.5 Å². The van der Waals surface area contributed by atoms with Gasteiger partial charge < -0.3 is 10.6 Å². The summed E-state index contributed by atoms with van der Waals surface area (Å²) in [7, 11) is 0. The molecule has 2 fully saturated rings. The number of nitrogens with zero attached hydrogens (tertiary/aromatic N) is 2. The van der Waals surface area contributed by atoms with E-state index in [1.54, 1.807) is 6.92 Å². The van der Waals surface area contributed by atoms with Crippen LogP contribution >= 0.6 is 0 Å². The number of fused-ring (bicyclic) bond motifs is 1. The third kappa shape index (κ3) is 2.93. The van der Waals surface area contributed by atoms with Crippen molar-refractivity contribution < 1.29 is 14.4 Å². The number of aryl methyl sites for hydroxylation is 2. The molecule has 0 radical (unpaired) electrons. The Kier molecular flexibility index (Phi) is 4.37. The number of hydrogen-bond acceptors (Lipinski definition) is 4. The zero-order valence-electron chi connectivity index (χ0n) is 16.0. The molecule has 28 heavy (non-hydrogen) atoms. The van der Waals surface area contributed by atoms with E-state index in [-0.39, 0.29) is 6.54 Å². The highest BCUT2D eigenvalue weighted by Gasteiger charge is 2.50. The summed E-state index contributed by atoms with van der Waals surface area (Å²) < 4.78 is 0. The van der Waals surface area contributed by atoms with Crippen molar-refractivity contribution in [2.75, 3.05) is 6.54 Å². The van der Waals surface area contributed by atoms with Gasteiger partial charge in [-0.25, -0.2) is 4.79 Å². The van der Waals surface area contributed by atoms with Crippen LogP contribution in [0.15, 0.2) is 18.2 Å². The van der Waals surface area contributed by atoms with Crippen LogP contribution in [-0.4, -0.2) is 34.8 Å². The fraction of sp³-hybridized carbons (Fsp3) is 0.524. The number of rotatable bonds is 4. The molecule has 1 aromatic rings. The fourth-order valence-corrected chi connectivity index (χ4v) is 4.61. The molecule has 3 aliphatic rings. The van der Waals surface area contributed by atoms with Gasteiger partial charge in [0.2, 0.25) is 5.91 Å². The Morgan fingerprint density at radius 2 is 1.93 bits per heavy atom. The number of carbonyl (C=O) groups excluding carboxylic acids is 3. The monoisotopic (exact) mass is 380 g/mol. The average Bonchev–Trinajstić information content (AvgIpc) is 3.38. The normalized spacial score (nSPS) is 25.4. The number of nitriles is 1. The predicted molar refractivity (Wildman–Crippen MR) is 101 cm³/mol. The van der Waals surface area contributed by atoms with Crippen LogP contribution in [0.25, 0.3) is 0 Å². The lowest BCUT2D eigenvalue weighted by Crippen LogP contribution is -2.50. The molecule has 4 amide bonds. The first-order valence-corrected chi connectivity index (χ1v) is 9.86. The molecule has 1 aliphatic heterocycles. The van der Waals surface area contributed by atoms with Gasteiger partial charge in [-0.1, -0.05) is 18.2 Å². The van der Waals surface area contributed by atoms with Gasteiger partial charge in [0.05, 0.1) is 6.07 Å². The summed E-state index contributed by atoms with van der Waals surface area (Å²) in [6.07, 6.45) is 6.08. The first-order valence-electron chi connectivity index (χ1n) is 9.86. The van der Waals surface area contributed by atoms with Crippen LogP contribution in [0.3, 0.4) is 0 Å². The molecule has 146 valence electrons. The van der Waals surface area contributed by atoms with Crippen molar-refractivity contribution in [2.45, 2.75) is 62.9 Å². The van der Waals surface area contributed by atoms with Gasteiger partial charge in [0.15, 0.2) is 0 Å². The highest BCUT2D eigenvalue weighted by molar-refractivity contribution is 6.09. The average molecular weight is 380 g/mol. The molecule has 0 aromatic heterocycles. The Morgan fingerprint density at radius 1 is 1.21 bits per heavy atom. The molecule has 7 nitrogen and oxygen atoms in total. The molecular weight excluding hydrogens is 356 g/mol. The third-order valence-electron chi connectivity index (χ3n) is 6.30. The molecule has 1 saturated carbocycles. The molecule has 0 unspecified atom stereocenters. The SMILES string of the molecule is C[C@]1(c2ccc3c(c2)CCC3)NC(=O)N(CC(=O)NC2(C#N)CCCC2)C1=O. The summed E-state index contributed by atoms with van der Waals surface area (Å²) in [6, 6.07) is 7.50. The first-order chi connectivity index (χ1) is 13.4. The van der Waals surface area contributed by atoms with Crippen LogP contribution in [0.1, 0.15) is 55.7 Å². The minimum atomic E-state index is -1.19. The lowest BCUT2D eigenvalue weighted by Gasteiger charge is -2.24. The molecule has 7 heteroatoms. The predicted octanol–water partition coefficient (Wildman–Crippen LogP) is 1.89. The van der Waals surface area contributed by atoms with Gasteiger partial charge in [0, 0.05) is 0 Å². The lowest BCUT2D eigenvalue weighted by atomic mass is 9.89. The molecule has 0 bridgehead atoms. The van der Waals surface area contributed by atoms with E-state index in [0.717, 1.165) is 42.6 Å². The van der Waals surface area contributed by atoms with Gasteiger partial charge in [-0.15, -0.1) is 0 Å². The van der Waals surface area contributed by atoms with Crippen LogP contribution < -0.4 is 10.6 Å². The van der Waals surface area contributed by atoms with E-state index in [0.29, 0.717) is 12.8 Å². The van der Waals surface area contributed by atoms with Crippen molar-refractivity contribution in [3.05, 3.63) is 34.9 Å². The minimum absolute atomic E-state index is 0.380. The smallest absolute Gasteiger partial charge is 0.325 e. The van der Waals surface area contributed by atoms with E-state index >= 15 is 0 Å². The Balaban J connectivity index is 1.51. The summed E-state index contributed by atoms with van der Waals surface area (Å²) in [5.74, 6) is -0.923. The van der Waals surface area contributed by atoms with Crippen molar-refractivity contribution >= 4 is 17.8 Å². The molecule has 1 aromatic carbocycles. The topological polar surface area (TPSA) is 102 Å². The van der Waals surface area contributed by atoms with Gasteiger partial charge in [-0.2, -0.15) is 5.26 Å². The van der Waals surface area contributed by atoms with Crippen LogP contribution in [0.4, 0.5) is 4.79 Å². The van der Waals surface area contributed by atoms with Gasteiger partial charge in [0.1, 0.15) is 17.6 Å². The molecular formula is C21H24N4O3. The second kappa shape index (κ2) is 6.62. The second-order valence-corrected chi connectivity index (χ2v) is 8.23. The maximum absolute atomic E-state index is 13.1. The summed E-state index contributed by atoms with van der Waals surface area (Å²) in [4.78, 5) is 39.0. The standard InChI is InChI=1S/C21H24N4O3/c1-20(16-8-7-14-5-4-6-15(14)11-16)18(27)25(19(28)24-20)12-17(26)23-21(13-22)9-2-3-10-21/h7-8,11H,2-6,9-10,12H2,1H3,(H,23,26)(H,24,28)/t20-/m1/s1. The highest BCUT2D eigenvalue weighted by Crippen LogP contribution is 2.33. The number of urea groups is 1. The number of hydrogen-bond donors (Lipinski definition) is 2. The quantitative estimate of drug-likeness (QED) is 0.779.